The quantitative estimate of drug-likeness (QED) is 0.818. The normalized spacial score (nSPS) is 14.8. The van der Waals surface area contributed by atoms with Crippen LogP contribution in [-0.4, -0.2) is 22.7 Å². The maximum atomic E-state index is 10.5. The molecule has 1 aliphatic heterocycles. The molecule has 0 saturated heterocycles. The van der Waals surface area contributed by atoms with E-state index in [1.807, 2.05) is 0 Å². The van der Waals surface area contributed by atoms with Gasteiger partial charge in [0.25, 0.3) is 0 Å². The summed E-state index contributed by atoms with van der Waals surface area (Å²) in [5.41, 5.74) is 4.96. The Morgan fingerprint density at radius 1 is 1.56 bits per heavy atom. The second-order valence-electron chi connectivity index (χ2n) is 4.24. The first-order chi connectivity index (χ1) is 7.68. The van der Waals surface area contributed by atoms with E-state index in [1.165, 1.54) is 22.5 Å². The zero-order valence-corrected chi connectivity index (χ0v) is 9.51. The summed E-state index contributed by atoms with van der Waals surface area (Å²) in [4.78, 5) is 13.8. The first-order valence-corrected chi connectivity index (χ1v) is 5.67. The Bertz CT molecular complexity index is 395. The van der Waals surface area contributed by atoms with Gasteiger partial charge < -0.3 is 14.8 Å². The van der Waals surface area contributed by atoms with Crippen LogP contribution in [0.2, 0.25) is 0 Å². The molecule has 0 amide bonds. The number of fused-ring (bicyclic) bond motifs is 1. The van der Waals surface area contributed by atoms with Crippen LogP contribution in [0, 0.1) is 6.92 Å². The minimum Gasteiger partial charge on any atom is -0.481 e. The van der Waals surface area contributed by atoms with Crippen molar-refractivity contribution in [3.63, 3.8) is 0 Å². The lowest BCUT2D eigenvalue weighted by Gasteiger charge is -2.13. The first-order valence-electron chi connectivity index (χ1n) is 5.67. The zero-order valence-electron chi connectivity index (χ0n) is 9.51. The first kappa shape index (κ1) is 11.2. The van der Waals surface area contributed by atoms with Crippen molar-refractivity contribution in [2.45, 2.75) is 39.2 Å². The Morgan fingerprint density at radius 3 is 3.12 bits per heavy atom. The van der Waals surface area contributed by atoms with E-state index in [9.17, 15) is 4.79 Å². The second kappa shape index (κ2) is 4.70. The Morgan fingerprint density at radius 2 is 2.38 bits per heavy atom. The van der Waals surface area contributed by atoms with Crippen molar-refractivity contribution >= 4 is 5.97 Å². The van der Waals surface area contributed by atoms with Crippen LogP contribution >= 0.6 is 0 Å². The lowest BCUT2D eigenvalue weighted by molar-refractivity contribution is -0.137. The number of hydrogen-bond acceptors (Lipinski definition) is 2. The number of rotatable bonds is 4. The van der Waals surface area contributed by atoms with Crippen molar-refractivity contribution in [3.05, 3.63) is 22.5 Å². The van der Waals surface area contributed by atoms with E-state index >= 15 is 0 Å². The van der Waals surface area contributed by atoms with Crippen LogP contribution in [0.3, 0.4) is 0 Å². The van der Waals surface area contributed by atoms with E-state index < -0.39 is 5.97 Å². The molecule has 0 bridgehead atoms. The highest BCUT2D eigenvalue weighted by Crippen LogP contribution is 2.25. The van der Waals surface area contributed by atoms with Crippen molar-refractivity contribution in [2.75, 3.05) is 6.61 Å². The molecule has 0 aromatic carbocycles. The standard InChI is InChI=1S/C12H17NO3/c1-8-9(3-2-4-12(14)15)10-7-16-6-5-11(10)13-8/h13H,2-7H2,1H3,(H,14,15). The number of aryl methyl sites for hydroxylation is 1. The van der Waals surface area contributed by atoms with E-state index in [4.69, 9.17) is 9.84 Å². The van der Waals surface area contributed by atoms with E-state index in [2.05, 4.69) is 11.9 Å². The highest BCUT2D eigenvalue weighted by Gasteiger charge is 2.18. The predicted octanol–water partition coefficient (Wildman–Crippen LogP) is 1.80. The number of carbonyl (C=O) groups is 1. The average Bonchev–Trinajstić information content (AvgIpc) is 2.55. The largest absolute Gasteiger partial charge is 0.481 e. The van der Waals surface area contributed by atoms with E-state index in [0.29, 0.717) is 13.0 Å². The monoisotopic (exact) mass is 223 g/mol. The number of hydrogen-bond donors (Lipinski definition) is 2. The Balaban J connectivity index is 2.07. The van der Waals surface area contributed by atoms with Gasteiger partial charge in [-0.2, -0.15) is 0 Å². The number of nitrogens with one attached hydrogen (secondary N) is 1. The Labute approximate surface area is 94.6 Å². The molecule has 4 heteroatoms. The van der Waals surface area contributed by atoms with Crippen LogP contribution in [0.5, 0.6) is 0 Å². The maximum Gasteiger partial charge on any atom is 0.303 e. The third-order valence-electron chi connectivity index (χ3n) is 3.08. The van der Waals surface area contributed by atoms with Crippen molar-refractivity contribution in [3.8, 4) is 0 Å². The third-order valence-corrected chi connectivity index (χ3v) is 3.08. The molecule has 1 aliphatic rings. The summed E-state index contributed by atoms with van der Waals surface area (Å²) in [5, 5.41) is 8.62. The summed E-state index contributed by atoms with van der Waals surface area (Å²) in [7, 11) is 0. The average molecular weight is 223 g/mol. The number of carboxylic acids is 1. The molecular weight excluding hydrogens is 206 g/mol. The van der Waals surface area contributed by atoms with Gasteiger partial charge >= 0.3 is 5.97 Å². The lowest BCUT2D eigenvalue weighted by Crippen LogP contribution is -2.09. The van der Waals surface area contributed by atoms with Gasteiger partial charge in [-0.05, 0) is 25.3 Å². The topological polar surface area (TPSA) is 62.3 Å². The minimum atomic E-state index is -0.724. The van der Waals surface area contributed by atoms with Gasteiger partial charge in [0, 0.05) is 29.8 Å². The van der Waals surface area contributed by atoms with E-state index in [-0.39, 0.29) is 6.42 Å². The number of ether oxygens (including phenoxy) is 1. The molecule has 1 aromatic rings. The third kappa shape index (κ3) is 2.27. The Kier molecular flexibility index (Phi) is 3.29. The molecule has 0 aliphatic carbocycles. The SMILES string of the molecule is Cc1[nH]c2c(c1CCCC(=O)O)COCC2. The van der Waals surface area contributed by atoms with E-state index in [0.717, 1.165) is 19.4 Å². The summed E-state index contributed by atoms with van der Waals surface area (Å²) in [6, 6.07) is 0. The van der Waals surface area contributed by atoms with Crippen molar-refractivity contribution in [1.82, 2.24) is 4.98 Å². The number of aromatic nitrogens is 1. The van der Waals surface area contributed by atoms with Crippen molar-refractivity contribution in [1.29, 1.82) is 0 Å². The highest BCUT2D eigenvalue weighted by atomic mass is 16.5. The molecule has 16 heavy (non-hydrogen) atoms. The summed E-state index contributed by atoms with van der Waals surface area (Å²) in [6.45, 7) is 3.50. The van der Waals surface area contributed by atoms with Gasteiger partial charge in [-0.1, -0.05) is 0 Å². The fourth-order valence-corrected chi connectivity index (χ4v) is 2.28. The minimum absolute atomic E-state index is 0.236. The Hall–Kier alpha value is -1.29. The van der Waals surface area contributed by atoms with Crippen LogP contribution in [0.1, 0.15) is 35.4 Å². The van der Waals surface area contributed by atoms with Gasteiger partial charge in [-0.15, -0.1) is 0 Å². The molecule has 0 unspecified atom stereocenters. The van der Waals surface area contributed by atoms with Crippen molar-refractivity contribution in [2.24, 2.45) is 0 Å². The smallest absolute Gasteiger partial charge is 0.303 e. The van der Waals surface area contributed by atoms with E-state index in [1.54, 1.807) is 0 Å². The molecule has 1 aromatic heterocycles. The maximum absolute atomic E-state index is 10.5. The van der Waals surface area contributed by atoms with Crippen LogP contribution in [0.15, 0.2) is 0 Å². The number of aromatic amines is 1. The molecule has 0 saturated carbocycles. The number of carboxylic acid groups (broad SMARTS) is 1. The van der Waals surface area contributed by atoms with Gasteiger partial charge in [0.2, 0.25) is 0 Å². The molecular formula is C12H17NO3. The summed E-state index contributed by atoms with van der Waals surface area (Å²) >= 11 is 0. The highest BCUT2D eigenvalue weighted by molar-refractivity contribution is 5.66. The van der Waals surface area contributed by atoms with Crippen LogP contribution in [-0.2, 0) is 29.0 Å². The molecule has 0 radical (unpaired) electrons. The molecule has 0 spiro atoms. The summed E-state index contributed by atoms with van der Waals surface area (Å²) < 4.78 is 5.44. The molecule has 0 atom stereocenters. The lowest BCUT2D eigenvalue weighted by atomic mass is 10.0. The van der Waals surface area contributed by atoms with Crippen LogP contribution in [0.25, 0.3) is 0 Å². The van der Waals surface area contributed by atoms with Gasteiger partial charge in [0.1, 0.15) is 0 Å². The van der Waals surface area contributed by atoms with Crippen LogP contribution < -0.4 is 0 Å². The molecule has 2 N–H and O–H groups in total. The van der Waals surface area contributed by atoms with Gasteiger partial charge in [0.15, 0.2) is 0 Å². The molecule has 2 rings (SSSR count). The van der Waals surface area contributed by atoms with Gasteiger partial charge in [0.05, 0.1) is 13.2 Å². The second-order valence-corrected chi connectivity index (χ2v) is 4.24. The molecule has 0 fully saturated rings. The fraction of sp³-hybridized carbons (Fsp3) is 0.583. The summed E-state index contributed by atoms with van der Waals surface area (Å²) in [5.74, 6) is -0.724. The van der Waals surface area contributed by atoms with Crippen LogP contribution in [0.4, 0.5) is 0 Å². The molecule has 2 heterocycles. The molecule has 88 valence electrons. The van der Waals surface area contributed by atoms with Gasteiger partial charge in [-0.25, -0.2) is 0 Å². The number of H-pyrrole nitrogens is 1. The number of aliphatic carboxylic acids is 1. The fourth-order valence-electron chi connectivity index (χ4n) is 2.28. The van der Waals surface area contributed by atoms with Crippen molar-refractivity contribution < 1.29 is 14.6 Å². The summed E-state index contributed by atoms with van der Waals surface area (Å²) in [6.07, 6.45) is 2.70. The predicted molar refractivity (Wildman–Crippen MR) is 59.5 cm³/mol. The van der Waals surface area contributed by atoms with Gasteiger partial charge in [-0.3, -0.25) is 4.79 Å². The zero-order chi connectivity index (χ0) is 11.5. The molecule has 4 nitrogen and oxygen atoms in total.